The molecular formula is C22H22FN3O2S. The maximum atomic E-state index is 13.3. The lowest BCUT2D eigenvalue weighted by atomic mass is 10.1. The molecule has 5 nitrogen and oxygen atoms in total. The fraction of sp³-hybridized carbons (Fsp3) is 0.182. The molecule has 2 amide bonds. The maximum Gasteiger partial charge on any atom is 0.266 e. The molecule has 0 aliphatic rings. The smallest absolute Gasteiger partial charge is 0.266 e. The van der Waals surface area contributed by atoms with Crippen LogP contribution in [0.4, 0.5) is 20.8 Å². The Labute approximate surface area is 173 Å². The monoisotopic (exact) mass is 411 g/mol. The minimum absolute atomic E-state index is 0.221. The van der Waals surface area contributed by atoms with Crippen LogP contribution in [0, 0.1) is 19.7 Å². The van der Waals surface area contributed by atoms with Crippen LogP contribution in [-0.2, 0) is 0 Å². The highest BCUT2D eigenvalue weighted by Gasteiger charge is 2.16. The van der Waals surface area contributed by atoms with Crippen molar-refractivity contribution < 1.29 is 14.0 Å². The number of nitrogens with zero attached hydrogens (tertiary/aromatic N) is 1. The van der Waals surface area contributed by atoms with Gasteiger partial charge in [0.2, 0.25) is 0 Å². The molecule has 1 heterocycles. The number of nitrogens with one attached hydrogen (secondary N) is 2. The average molecular weight is 412 g/mol. The molecule has 0 saturated carbocycles. The predicted molar refractivity (Wildman–Crippen MR) is 117 cm³/mol. The van der Waals surface area contributed by atoms with E-state index in [1.54, 1.807) is 6.07 Å². The molecule has 0 atom stereocenters. The van der Waals surface area contributed by atoms with E-state index < -0.39 is 11.7 Å². The number of carbonyl (C=O) groups is 2. The number of amides is 2. The second-order valence-corrected chi connectivity index (χ2v) is 7.99. The zero-order chi connectivity index (χ0) is 21.1. The molecule has 0 saturated heterocycles. The largest absolute Gasteiger partial charge is 0.377 e. The summed E-state index contributed by atoms with van der Waals surface area (Å²) >= 11 is 1.18. The molecule has 0 bridgehead atoms. The second-order valence-electron chi connectivity index (χ2n) is 6.94. The Bertz CT molecular complexity index is 1080. The molecule has 0 unspecified atom stereocenters. The number of hydrogen-bond acceptors (Lipinski definition) is 4. The Morgan fingerprint density at radius 3 is 2.34 bits per heavy atom. The Hall–Kier alpha value is -3.19. The minimum atomic E-state index is -0.476. The van der Waals surface area contributed by atoms with Crippen molar-refractivity contribution >= 4 is 39.5 Å². The number of carbonyl (C=O) groups excluding carboxylic acids is 2. The van der Waals surface area contributed by atoms with Crippen molar-refractivity contribution in [2.45, 2.75) is 13.8 Å². The summed E-state index contributed by atoms with van der Waals surface area (Å²) in [5, 5.41) is 6.15. The summed E-state index contributed by atoms with van der Waals surface area (Å²) in [6, 6.07) is 12.9. The van der Waals surface area contributed by atoms with E-state index in [4.69, 9.17) is 0 Å². The molecule has 0 radical (unpaired) electrons. The summed E-state index contributed by atoms with van der Waals surface area (Å²) in [7, 11) is 3.94. The van der Waals surface area contributed by atoms with Gasteiger partial charge in [-0.1, -0.05) is 6.07 Å². The van der Waals surface area contributed by atoms with Crippen molar-refractivity contribution in [2.75, 3.05) is 29.6 Å². The van der Waals surface area contributed by atoms with Gasteiger partial charge in [0.1, 0.15) is 5.82 Å². The van der Waals surface area contributed by atoms with Gasteiger partial charge < -0.3 is 15.5 Å². The number of benzene rings is 2. The quantitative estimate of drug-likeness (QED) is 0.616. The third-order valence-corrected chi connectivity index (χ3v) is 5.54. The van der Waals surface area contributed by atoms with Crippen LogP contribution in [0.5, 0.6) is 0 Å². The van der Waals surface area contributed by atoms with E-state index in [-0.39, 0.29) is 11.5 Å². The zero-order valence-electron chi connectivity index (χ0n) is 16.7. The number of aryl methyl sites for hydroxylation is 2. The number of anilines is 3. The molecule has 3 aromatic rings. The molecule has 150 valence electrons. The number of rotatable bonds is 5. The molecule has 2 aromatic carbocycles. The summed E-state index contributed by atoms with van der Waals surface area (Å²) < 4.78 is 13.3. The van der Waals surface area contributed by atoms with Gasteiger partial charge in [0.15, 0.2) is 0 Å². The first kappa shape index (κ1) is 20.5. The molecular weight excluding hydrogens is 389 g/mol. The Morgan fingerprint density at radius 1 is 0.931 bits per heavy atom. The average Bonchev–Trinajstić information content (AvgIpc) is 3.01. The van der Waals surface area contributed by atoms with E-state index >= 15 is 0 Å². The molecule has 0 spiro atoms. The summed E-state index contributed by atoms with van der Waals surface area (Å²) in [6.07, 6.45) is 0. The molecule has 29 heavy (non-hydrogen) atoms. The molecule has 0 aliphatic carbocycles. The highest BCUT2D eigenvalue weighted by molar-refractivity contribution is 7.18. The van der Waals surface area contributed by atoms with Crippen molar-refractivity contribution in [1.82, 2.24) is 0 Å². The molecule has 0 aliphatic heterocycles. The zero-order valence-corrected chi connectivity index (χ0v) is 17.5. The van der Waals surface area contributed by atoms with Crippen LogP contribution in [0.1, 0.15) is 31.2 Å². The summed E-state index contributed by atoms with van der Waals surface area (Å²) in [5.41, 5.74) is 3.81. The van der Waals surface area contributed by atoms with Gasteiger partial charge in [0.25, 0.3) is 11.8 Å². The highest BCUT2D eigenvalue weighted by atomic mass is 32.1. The predicted octanol–water partition coefficient (Wildman–Crippen LogP) is 5.07. The van der Waals surface area contributed by atoms with Crippen LogP contribution < -0.4 is 15.5 Å². The molecule has 0 fully saturated rings. The Morgan fingerprint density at radius 2 is 1.69 bits per heavy atom. The normalized spacial score (nSPS) is 10.5. The second kappa shape index (κ2) is 8.45. The van der Waals surface area contributed by atoms with Gasteiger partial charge in [-0.3, -0.25) is 9.59 Å². The van der Waals surface area contributed by atoms with Gasteiger partial charge in [-0.2, -0.15) is 0 Å². The lowest BCUT2D eigenvalue weighted by molar-refractivity contribution is 0.101. The lowest BCUT2D eigenvalue weighted by Crippen LogP contribution is -2.13. The SMILES string of the molecule is Cc1cc(NC(=O)c2sc(NC(=O)c3cccc(F)c3)cc2C)ccc1N(C)C. The van der Waals surface area contributed by atoms with Gasteiger partial charge in [0.05, 0.1) is 9.88 Å². The lowest BCUT2D eigenvalue weighted by Gasteiger charge is -2.16. The fourth-order valence-electron chi connectivity index (χ4n) is 3.01. The highest BCUT2D eigenvalue weighted by Crippen LogP contribution is 2.29. The van der Waals surface area contributed by atoms with Gasteiger partial charge in [-0.05, 0) is 67.4 Å². The maximum absolute atomic E-state index is 13.3. The van der Waals surface area contributed by atoms with Crippen molar-refractivity contribution in [1.29, 1.82) is 0 Å². The van der Waals surface area contributed by atoms with Crippen molar-refractivity contribution in [3.05, 3.63) is 75.9 Å². The van der Waals surface area contributed by atoms with E-state index in [0.29, 0.717) is 15.6 Å². The van der Waals surface area contributed by atoms with Crippen LogP contribution in [0.3, 0.4) is 0 Å². The Kier molecular flexibility index (Phi) is 5.98. The van der Waals surface area contributed by atoms with Crippen LogP contribution in [-0.4, -0.2) is 25.9 Å². The summed E-state index contributed by atoms with van der Waals surface area (Å²) in [6.45, 7) is 3.80. The van der Waals surface area contributed by atoms with Crippen molar-refractivity contribution in [3.63, 3.8) is 0 Å². The van der Waals surface area contributed by atoms with Gasteiger partial charge >= 0.3 is 0 Å². The van der Waals surface area contributed by atoms with Crippen LogP contribution in [0.2, 0.25) is 0 Å². The first-order valence-electron chi connectivity index (χ1n) is 9.01. The first-order valence-corrected chi connectivity index (χ1v) is 9.83. The standard InChI is InChI=1S/C22H22FN3O2S/c1-13-10-17(8-9-18(13)26(3)4)24-22(28)20-14(2)11-19(29-20)25-21(27)15-6-5-7-16(23)12-15/h5-12H,1-4H3,(H,24,28)(H,25,27). The van der Waals surface area contributed by atoms with Crippen LogP contribution in [0.25, 0.3) is 0 Å². The van der Waals surface area contributed by atoms with Gasteiger partial charge in [-0.25, -0.2) is 4.39 Å². The van der Waals surface area contributed by atoms with E-state index in [0.717, 1.165) is 16.8 Å². The molecule has 2 N–H and O–H groups in total. The minimum Gasteiger partial charge on any atom is -0.377 e. The summed E-state index contributed by atoms with van der Waals surface area (Å²) in [4.78, 5) is 27.5. The van der Waals surface area contributed by atoms with Gasteiger partial charge in [0, 0.05) is 31.0 Å². The van der Waals surface area contributed by atoms with Gasteiger partial charge in [-0.15, -0.1) is 11.3 Å². The number of thiophene rings is 1. The number of halogens is 1. The van der Waals surface area contributed by atoms with E-state index in [1.165, 1.54) is 35.6 Å². The number of hydrogen-bond donors (Lipinski definition) is 2. The fourth-order valence-corrected chi connectivity index (χ4v) is 3.97. The third-order valence-electron chi connectivity index (χ3n) is 4.38. The first-order chi connectivity index (χ1) is 13.7. The molecule has 3 rings (SSSR count). The Balaban J connectivity index is 1.73. The van der Waals surface area contributed by atoms with Crippen LogP contribution >= 0.6 is 11.3 Å². The van der Waals surface area contributed by atoms with Crippen LogP contribution in [0.15, 0.2) is 48.5 Å². The molecule has 1 aromatic heterocycles. The van der Waals surface area contributed by atoms with Crippen molar-refractivity contribution in [3.8, 4) is 0 Å². The molecule has 7 heteroatoms. The van der Waals surface area contributed by atoms with E-state index in [1.807, 2.05) is 51.0 Å². The topological polar surface area (TPSA) is 61.4 Å². The van der Waals surface area contributed by atoms with E-state index in [9.17, 15) is 14.0 Å². The van der Waals surface area contributed by atoms with Crippen molar-refractivity contribution in [2.24, 2.45) is 0 Å². The van der Waals surface area contributed by atoms with E-state index in [2.05, 4.69) is 10.6 Å². The third kappa shape index (κ3) is 4.81. The summed E-state index contributed by atoms with van der Waals surface area (Å²) in [5.74, 6) is -1.14.